The first-order valence-corrected chi connectivity index (χ1v) is 6.43. The number of nitrogens with zero attached hydrogens (tertiary/aromatic N) is 1. The molecule has 1 aliphatic heterocycles. The zero-order valence-corrected chi connectivity index (χ0v) is 11.3. The molecule has 3 rings (SSSR count). The van der Waals surface area contributed by atoms with E-state index in [0.717, 1.165) is 35.7 Å². The van der Waals surface area contributed by atoms with Gasteiger partial charge in [-0.15, -0.1) is 0 Å². The Bertz CT molecular complexity index is 601. The van der Waals surface area contributed by atoms with Crippen LogP contribution in [0.25, 0.3) is 0 Å². The van der Waals surface area contributed by atoms with E-state index in [1.807, 2.05) is 30.3 Å². The topological polar surface area (TPSA) is 52.6 Å². The number of aromatic nitrogens is 1. The van der Waals surface area contributed by atoms with Crippen molar-refractivity contribution in [2.75, 3.05) is 13.9 Å². The number of hydrogen-bond donors (Lipinski definition) is 1. The standard InChI is InChI=1S/C15H16N2O3/c1-18-15-7-12(4-5-17-15)9-16-8-11-2-3-13-14(6-11)20-10-19-13/h2-7,16H,8-10H2,1H3. The maximum absolute atomic E-state index is 5.36. The average Bonchev–Trinajstić information content (AvgIpc) is 2.95. The Balaban J connectivity index is 1.57. The molecule has 1 aromatic carbocycles. The maximum Gasteiger partial charge on any atom is 0.231 e. The van der Waals surface area contributed by atoms with Crippen LogP contribution in [0.3, 0.4) is 0 Å². The molecule has 2 heterocycles. The Morgan fingerprint density at radius 1 is 1.10 bits per heavy atom. The van der Waals surface area contributed by atoms with Crippen LogP contribution in [0.4, 0.5) is 0 Å². The summed E-state index contributed by atoms with van der Waals surface area (Å²) in [6, 6.07) is 9.87. The van der Waals surface area contributed by atoms with Gasteiger partial charge in [-0.3, -0.25) is 0 Å². The summed E-state index contributed by atoms with van der Waals surface area (Å²) in [6.45, 7) is 1.83. The minimum absolute atomic E-state index is 0.309. The normalized spacial score (nSPS) is 12.4. The van der Waals surface area contributed by atoms with E-state index >= 15 is 0 Å². The predicted octanol–water partition coefficient (Wildman–Crippen LogP) is 2.11. The number of pyridine rings is 1. The molecule has 0 saturated carbocycles. The summed E-state index contributed by atoms with van der Waals surface area (Å²) in [7, 11) is 1.62. The summed E-state index contributed by atoms with van der Waals surface area (Å²) in [5.74, 6) is 2.26. The van der Waals surface area contributed by atoms with Crippen LogP contribution in [0.2, 0.25) is 0 Å². The lowest BCUT2D eigenvalue weighted by Gasteiger charge is -2.07. The number of hydrogen-bond acceptors (Lipinski definition) is 5. The highest BCUT2D eigenvalue weighted by Crippen LogP contribution is 2.32. The SMILES string of the molecule is COc1cc(CNCc2ccc3c(c2)OCO3)ccn1. The van der Waals surface area contributed by atoms with Gasteiger partial charge in [0, 0.05) is 25.4 Å². The van der Waals surface area contributed by atoms with Gasteiger partial charge >= 0.3 is 0 Å². The number of methoxy groups -OCH3 is 1. The van der Waals surface area contributed by atoms with Crippen molar-refractivity contribution in [2.24, 2.45) is 0 Å². The van der Waals surface area contributed by atoms with E-state index in [1.165, 1.54) is 0 Å². The van der Waals surface area contributed by atoms with Gasteiger partial charge in [0.1, 0.15) is 0 Å². The van der Waals surface area contributed by atoms with Crippen molar-refractivity contribution in [1.29, 1.82) is 0 Å². The molecule has 0 fully saturated rings. The third-order valence-corrected chi connectivity index (χ3v) is 3.10. The molecule has 0 saturated heterocycles. The second kappa shape index (κ2) is 5.79. The quantitative estimate of drug-likeness (QED) is 0.903. The lowest BCUT2D eigenvalue weighted by molar-refractivity contribution is 0.174. The largest absolute Gasteiger partial charge is 0.481 e. The Hall–Kier alpha value is -2.27. The average molecular weight is 272 g/mol. The van der Waals surface area contributed by atoms with Gasteiger partial charge in [0.2, 0.25) is 12.7 Å². The van der Waals surface area contributed by atoms with Gasteiger partial charge in [0.15, 0.2) is 11.5 Å². The Morgan fingerprint density at radius 2 is 1.90 bits per heavy atom. The number of fused-ring (bicyclic) bond motifs is 1. The van der Waals surface area contributed by atoms with Crippen LogP contribution in [0.15, 0.2) is 36.5 Å². The molecule has 5 nitrogen and oxygen atoms in total. The third kappa shape index (κ3) is 2.83. The van der Waals surface area contributed by atoms with E-state index in [4.69, 9.17) is 14.2 Å². The lowest BCUT2D eigenvalue weighted by Crippen LogP contribution is -2.12. The van der Waals surface area contributed by atoms with E-state index in [-0.39, 0.29) is 0 Å². The van der Waals surface area contributed by atoms with Gasteiger partial charge < -0.3 is 19.5 Å². The van der Waals surface area contributed by atoms with Crippen molar-refractivity contribution in [3.05, 3.63) is 47.7 Å². The van der Waals surface area contributed by atoms with E-state index in [0.29, 0.717) is 12.7 Å². The molecular weight excluding hydrogens is 256 g/mol. The molecule has 0 radical (unpaired) electrons. The zero-order chi connectivity index (χ0) is 13.8. The molecule has 5 heteroatoms. The Labute approximate surface area is 117 Å². The predicted molar refractivity (Wildman–Crippen MR) is 73.9 cm³/mol. The summed E-state index contributed by atoms with van der Waals surface area (Å²) < 4.78 is 15.7. The fraction of sp³-hybridized carbons (Fsp3) is 0.267. The van der Waals surface area contributed by atoms with Gasteiger partial charge in [-0.05, 0) is 29.3 Å². The molecule has 1 N–H and O–H groups in total. The minimum atomic E-state index is 0.309. The van der Waals surface area contributed by atoms with Gasteiger partial charge in [0.25, 0.3) is 0 Å². The fourth-order valence-corrected chi connectivity index (χ4v) is 2.07. The molecule has 2 aromatic rings. The molecule has 0 aliphatic carbocycles. The van der Waals surface area contributed by atoms with Crippen molar-refractivity contribution in [3.63, 3.8) is 0 Å². The van der Waals surface area contributed by atoms with Crippen molar-refractivity contribution >= 4 is 0 Å². The van der Waals surface area contributed by atoms with Crippen molar-refractivity contribution in [1.82, 2.24) is 10.3 Å². The summed E-state index contributed by atoms with van der Waals surface area (Å²) in [4.78, 5) is 4.08. The summed E-state index contributed by atoms with van der Waals surface area (Å²) in [5.41, 5.74) is 2.30. The van der Waals surface area contributed by atoms with Crippen LogP contribution in [-0.2, 0) is 13.1 Å². The highest BCUT2D eigenvalue weighted by atomic mass is 16.7. The molecular formula is C15H16N2O3. The van der Waals surface area contributed by atoms with E-state index in [9.17, 15) is 0 Å². The zero-order valence-electron chi connectivity index (χ0n) is 11.3. The second-order valence-corrected chi connectivity index (χ2v) is 4.50. The molecule has 0 atom stereocenters. The number of benzene rings is 1. The first-order valence-electron chi connectivity index (χ1n) is 6.43. The summed E-state index contributed by atoms with van der Waals surface area (Å²) in [5, 5.41) is 3.38. The molecule has 0 bridgehead atoms. The van der Waals surface area contributed by atoms with Crippen LogP contribution in [-0.4, -0.2) is 18.9 Å². The highest BCUT2D eigenvalue weighted by molar-refractivity contribution is 5.44. The number of ether oxygens (including phenoxy) is 3. The first kappa shape index (κ1) is 12.7. The molecule has 104 valence electrons. The summed E-state index contributed by atoms with van der Waals surface area (Å²) in [6.07, 6.45) is 1.75. The molecule has 0 unspecified atom stereocenters. The van der Waals surface area contributed by atoms with E-state index < -0.39 is 0 Å². The Kier molecular flexibility index (Phi) is 3.69. The molecule has 1 aliphatic rings. The van der Waals surface area contributed by atoms with E-state index in [1.54, 1.807) is 13.3 Å². The number of rotatable bonds is 5. The first-order chi connectivity index (χ1) is 9.85. The molecule has 0 spiro atoms. The van der Waals surface area contributed by atoms with Crippen LogP contribution >= 0.6 is 0 Å². The summed E-state index contributed by atoms with van der Waals surface area (Å²) >= 11 is 0. The van der Waals surface area contributed by atoms with Crippen molar-refractivity contribution in [3.8, 4) is 17.4 Å². The smallest absolute Gasteiger partial charge is 0.231 e. The van der Waals surface area contributed by atoms with Gasteiger partial charge in [-0.1, -0.05) is 6.07 Å². The van der Waals surface area contributed by atoms with Crippen molar-refractivity contribution in [2.45, 2.75) is 13.1 Å². The monoisotopic (exact) mass is 272 g/mol. The van der Waals surface area contributed by atoms with Crippen LogP contribution in [0, 0.1) is 0 Å². The van der Waals surface area contributed by atoms with Crippen LogP contribution < -0.4 is 19.5 Å². The van der Waals surface area contributed by atoms with Crippen LogP contribution in [0.5, 0.6) is 17.4 Å². The number of nitrogens with one attached hydrogen (secondary N) is 1. The van der Waals surface area contributed by atoms with Crippen molar-refractivity contribution < 1.29 is 14.2 Å². The molecule has 0 amide bonds. The lowest BCUT2D eigenvalue weighted by atomic mass is 10.2. The minimum Gasteiger partial charge on any atom is -0.481 e. The highest BCUT2D eigenvalue weighted by Gasteiger charge is 2.12. The molecule has 1 aromatic heterocycles. The van der Waals surface area contributed by atoms with E-state index in [2.05, 4.69) is 10.3 Å². The second-order valence-electron chi connectivity index (χ2n) is 4.50. The third-order valence-electron chi connectivity index (χ3n) is 3.10. The maximum atomic E-state index is 5.36. The molecule has 20 heavy (non-hydrogen) atoms. The van der Waals surface area contributed by atoms with Crippen LogP contribution in [0.1, 0.15) is 11.1 Å². The Morgan fingerprint density at radius 3 is 2.75 bits per heavy atom. The van der Waals surface area contributed by atoms with Gasteiger partial charge in [-0.25, -0.2) is 4.98 Å². The van der Waals surface area contributed by atoms with Gasteiger partial charge in [-0.2, -0.15) is 0 Å². The fourth-order valence-electron chi connectivity index (χ4n) is 2.07. The van der Waals surface area contributed by atoms with Gasteiger partial charge in [0.05, 0.1) is 7.11 Å².